The topological polar surface area (TPSA) is 30.7 Å². The van der Waals surface area contributed by atoms with Crippen molar-refractivity contribution in [2.24, 2.45) is 0 Å². The van der Waals surface area contributed by atoms with Crippen LogP contribution in [0.4, 0.5) is 0 Å². The molecule has 2 rings (SSSR count). The Kier molecular flexibility index (Phi) is 3.24. The van der Waals surface area contributed by atoms with Gasteiger partial charge in [-0.3, -0.25) is 9.67 Å². The maximum atomic E-state index is 4.70. The maximum absolute atomic E-state index is 4.70. The molecule has 0 radical (unpaired) electrons. The molecule has 0 aromatic carbocycles. The normalized spacial score (nSPS) is 12.1. The van der Waals surface area contributed by atoms with E-state index in [-0.39, 0.29) is 5.41 Å². The van der Waals surface area contributed by atoms with Crippen LogP contribution in [-0.4, -0.2) is 14.8 Å². The second kappa shape index (κ2) is 4.56. The average Bonchev–Trinajstić information content (AvgIpc) is 2.74. The first-order valence-electron chi connectivity index (χ1n) is 6.41. The van der Waals surface area contributed by atoms with Gasteiger partial charge in [-0.1, -0.05) is 26.8 Å². The molecule has 0 spiro atoms. The fourth-order valence-corrected chi connectivity index (χ4v) is 1.99. The van der Waals surface area contributed by atoms with Gasteiger partial charge in [0.05, 0.1) is 5.69 Å². The molecule has 2 aromatic rings. The Hall–Kier alpha value is -1.64. The predicted octanol–water partition coefficient (Wildman–Crippen LogP) is 3.82. The van der Waals surface area contributed by atoms with Gasteiger partial charge < -0.3 is 0 Å². The van der Waals surface area contributed by atoms with E-state index in [0.29, 0.717) is 6.04 Å². The molecular weight excluding hydrogens is 222 g/mol. The van der Waals surface area contributed by atoms with Crippen LogP contribution in [0.1, 0.15) is 46.4 Å². The minimum absolute atomic E-state index is 0.0876. The van der Waals surface area contributed by atoms with Crippen molar-refractivity contribution in [3.05, 3.63) is 36.2 Å². The Morgan fingerprint density at radius 2 is 1.83 bits per heavy atom. The first-order valence-corrected chi connectivity index (χ1v) is 6.41. The Morgan fingerprint density at radius 1 is 1.11 bits per heavy atom. The van der Waals surface area contributed by atoms with Crippen molar-refractivity contribution in [2.75, 3.05) is 0 Å². The molecule has 0 amide bonds. The first kappa shape index (κ1) is 12.8. The first-order chi connectivity index (χ1) is 8.39. The summed E-state index contributed by atoms with van der Waals surface area (Å²) in [5.74, 6) is 0. The zero-order valence-electron chi connectivity index (χ0n) is 11.8. The molecule has 0 aliphatic rings. The molecule has 96 valence electrons. The van der Waals surface area contributed by atoms with Crippen LogP contribution >= 0.6 is 0 Å². The summed E-state index contributed by atoms with van der Waals surface area (Å²) in [5.41, 5.74) is 3.22. The summed E-state index contributed by atoms with van der Waals surface area (Å²) in [4.78, 5) is 4.37. The Balaban J connectivity index is 2.53. The minimum Gasteiger partial charge on any atom is -0.266 e. The number of rotatable bonds is 2. The van der Waals surface area contributed by atoms with E-state index in [1.807, 2.05) is 18.2 Å². The predicted molar refractivity (Wildman–Crippen MR) is 74.5 cm³/mol. The highest BCUT2D eigenvalue weighted by molar-refractivity contribution is 5.54. The van der Waals surface area contributed by atoms with Crippen molar-refractivity contribution in [3.63, 3.8) is 0 Å². The third kappa shape index (κ3) is 2.45. The molecule has 0 fully saturated rings. The molecule has 2 heterocycles. The van der Waals surface area contributed by atoms with Gasteiger partial charge in [0.15, 0.2) is 0 Å². The Labute approximate surface area is 109 Å². The number of hydrogen-bond acceptors (Lipinski definition) is 2. The maximum Gasteiger partial charge on any atom is 0.111 e. The molecule has 0 bridgehead atoms. The van der Waals surface area contributed by atoms with Crippen molar-refractivity contribution in [3.8, 4) is 11.4 Å². The zero-order valence-corrected chi connectivity index (χ0v) is 11.8. The van der Waals surface area contributed by atoms with Crippen LogP contribution in [-0.2, 0) is 5.41 Å². The van der Waals surface area contributed by atoms with Crippen LogP contribution in [0.3, 0.4) is 0 Å². The standard InChI is InChI=1S/C15H21N3/c1-11(2)18-14(15(3,4)5)10-13(17-18)12-8-6-7-9-16-12/h6-11H,1-5H3. The summed E-state index contributed by atoms with van der Waals surface area (Å²) in [6.07, 6.45) is 1.81. The SMILES string of the molecule is CC(C)n1nc(-c2ccccn2)cc1C(C)(C)C. The summed E-state index contributed by atoms with van der Waals surface area (Å²) >= 11 is 0. The van der Waals surface area contributed by atoms with Crippen molar-refractivity contribution < 1.29 is 0 Å². The summed E-state index contributed by atoms with van der Waals surface area (Å²) in [6.45, 7) is 11.0. The minimum atomic E-state index is 0.0876. The molecular formula is C15H21N3. The summed E-state index contributed by atoms with van der Waals surface area (Å²) in [7, 11) is 0. The van der Waals surface area contributed by atoms with Crippen molar-refractivity contribution in [1.29, 1.82) is 0 Å². The largest absolute Gasteiger partial charge is 0.266 e. The van der Waals surface area contributed by atoms with Gasteiger partial charge in [-0.15, -0.1) is 0 Å². The number of hydrogen-bond donors (Lipinski definition) is 0. The van der Waals surface area contributed by atoms with Crippen molar-refractivity contribution in [2.45, 2.75) is 46.1 Å². The number of pyridine rings is 1. The molecule has 0 unspecified atom stereocenters. The molecule has 0 saturated heterocycles. The molecule has 0 atom stereocenters. The highest BCUT2D eigenvalue weighted by Gasteiger charge is 2.22. The van der Waals surface area contributed by atoms with Gasteiger partial charge in [0.2, 0.25) is 0 Å². The van der Waals surface area contributed by atoms with E-state index in [9.17, 15) is 0 Å². The van der Waals surface area contributed by atoms with E-state index < -0.39 is 0 Å². The second-order valence-corrected chi connectivity index (χ2v) is 5.92. The smallest absolute Gasteiger partial charge is 0.111 e. The number of nitrogens with zero attached hydrogens (tertiary/aromatic N) is 3. The van der Waals surface area contributed by atoms with Gasteiger partial charge >= 0.3 is 0 Å². The van der Waals surface area contributed by atoms with E-state index in [1.54, 1.807) is 6.20 Å². The lowest BCUT2D eigenvalue weighted by Gasteiger charge is -2.22. The van der Waals surface area contributed by atoms with E-state index >= 15 is 0 Å². The fourth-order valence-electron chi connectivity index (χ4n) is 1.99. The quantitative estimate of drug-likeness (QED) is 0.802. The lowest BCUT2D eigenvalue weighted by atomic mass is 9.91. The summed E-state index contributed by atoms with van der Waals surface area (Å²) < 4.78 is 2.10. The molecule has 2 aromatic heterocycles. The number of aromatic nitrogens is 3. The summed E-state index contributed by atoms with van der Waals surface area (Å²) in [6, 6.07) is 8.43. The monoisotopic (exact) mass is 243 g/mol. The third-order valence-electron chi connectivity index (χ3n) is 2.92. The van der Waals surface area contributed by atoms with Crippen molar-refractivity contribution in [1.82, 2.24) is 14.8 Å². The zero-order chi connectivity index (χ0) is 13.3. The van der Waals surface area contributed by atoms with Gasteiger partial charge in [0, 0.05) is 23.3 Å². The fraction of sp³-hybridized carbons (Fsp3) is 0.467. The average molecular weight is 243 g/mol. The van der Waals surface area contributed by atoms with Crippen LogP contribution in [0.2, 0.25) is 0 Å². The molecule has 18 heavy (non-hydrogen) atoms. The Morgan fingerprint density at radius 3 is 2.28 bits per heavy atom. The van der Waals surface area contributed by atoms with Crippen LogP contribution in [0.15, 0.2) is 30.5 Å². The van der Waals surface area contributed by atoms with E-state index in [0.717, 1.165) is 11.4 Å². The lowest BCUT2D eigenvalue weighted by molar-refractivity contribution is 0.447. The highest BCUT2D eigenvalue weighted by atomic mass is 15.3. The Bertz CT molecular complexity index is 518. The van der Waals surface area contributed by atoms with Gasteiger partial charge in [0.1, 0.15) is 5.69 Å². The molecule has 0 N–H and O–H groups in total. The third-order valence-corrected chi connectivity index (χ3v) is 2.92. The van der Waals surface area contributed by atoms with E-state index in [2.05, 4.69) is 50.4 Å². The van der Waals surface area contributed by atoms with E-state index in [1.165, 1.54) is 5.69 Å². The molecule has 0 saturated carbocycles. The molecule has 0 aliphatic carbocycles. The van der Waals surface area contributed by atoms with Crippen LogP contribution < -0.4 is 0 Å². The second-order valence-electron chi connectivity index (χ2n) is 5.92. The van der Waals surface area contributed by atoms with Gasteiger partial charge in [-0.2, -0.15) is 5.10 Å². The van der Waals surface area contributed by atoms with Crippen molar-refractivity contribution >= 4 is 0 Å². The van der Waals surface area contributed by atoms with Crippen LogP contribution in [0, 0.1) is 0 Å². The van der Waals surface area contributed by atoms with Gasteiger partial charge in [0.25, 0.3) is 0 Å². The molecule has 3 nitrogen and oxygen atoms in total. The summed E-state index contributed by atoms with van der Waals surface area (Å²) in [5, 5.41) is 4.70. The van der Waals surface area contributed by atoms with Crippen LogP contribution in [0.25, 0.3) is 11.4 Å². The van der Waals surface area contributed by atoms with Gasteiger partial charge in [-0.05, 0) is 32.0 Å². The molecule has 3 heteroatoms. The lowest BCUT2D eigenvalue weighted by Crippen LogP contribution is -2.19. The van der Waals surface area contributed by atoms with Crippen LogP contribution in [0.5, 0.6) is 0 Å². The van der Waals surface area contributed by atoms with Gasteiger partial charge in [-0.25, -0.2) is 0 Å². The van der Waals surface area contributed by atoms with E-state index in [4.69, 9.17) is 5.10 Å². The highest BCUT2D eigenvalue weighted by Crippen LogP contribution is 2.28. The molecule has 0 aliphatic heterocycles.